The van der Waals surface area contributed by atoms with Gasteiger partial charge in [0.15, 0.2) is 0 Å². The van der Waals surface area contributed by atoms with Crippen LogP contribution < -0.4 is 10.1 Å². The predicted octanol–water partition coefficient (Wildman–Crippen LogP) is 3.72. The second kappa shape index (κ2) is 5.26. The van der Waals surface area contributed by atoms with Crippen LogP contribution >= 0.6 is 31.9 Å². The Bertz CT molecular complexity index is 425. The molecule has 0 fully saturated rings. The first-order valence-corrected chi connectivity index (χ1v) is 5.75. The Balaban J connectivity index is 3.04. The zero-order valence-corrected chi connectivity index (χ0v) is 11.5. The van der Waals surface area contributed by atoms with Gasteiger partial charge in [0.1, 0.15) is 5.75 Å². The number of halogens is 5. The summed E-state index contributed by atoms with van der Waals surface area (Å²) in [7, 11) is 1.42. The molecule has 1 aromatic rings. The molecule has 1 aromatic carbocycles. The van der Waals surface area contributed by atoms with Crippen LogP contribution in [0.2, 0.25) is 0 Å². The lowest BCUT2D eigenvalue weighted by atomic mass is 10.3. The van der Waals surface area contributed by atoms with Crippen LogP contribution in [-0.2, 0) is 4.79 Å². The van der Waals surface area contributed by atoms with Gasteiger partial charge in [-0.2, -0.15) is 13.2 Å². The monoisotopic (exact) mass is 375 g/mol. The van der Waals surface area contributed by atoms with Crippen molar-refractivity contribution in [3.63, 3.8) is 0 Å². The van der Waals surface area contributed by atoms with Gasteiger partial charge in [0.05, 0.1) is 12.8 Å². The number of anilines is 1. The molecule has 0 bridgehead atoms. The lowest BCUT2D eigenvalue weighted by molar-refractivity contribution is -0.167. The first-order valence-electron chi connectivity index (χ1n) is 4.17. The van der Waals surface area contributed by atoms with Gasteiger partial charge in [-0.15, -0.1) is 0 Å². The average molecular weight is 377 g/mol. The molecule has 0 radical (unpaired) electrons. The van der Waals surface area contributed by atoms with Crippen LogP contribution in [0.15, 0.2) is 21.1 Å². The standard InChI is InChI=1S/C9H6Br2F3NO2/c1-17-4-2-5(10)7(6(11)3-4)15-8(16)9(12,13)14/h2-3H,1H3,(H,15,16). The zero-order chi connectivity index (χ0) is 13.2. The summed E-state index contributed by atoms with van der Waals surface area (Å²) in [6.45, 7) is 0. The molecule has 1 amide bonds. The largest absolute Gasteiger partial charge is 0.497 e. The van der Waals surface area contributed by atoms with E-state index >= 15 is 0 Å². The molecule has 1 N–H and O–H groups in total. The Hall–Kier alpha value is -0.760. The van der Waals surface area contributed by atoms with Crippen molar-refractivity contribution in [2.24, 2.45) is 0 Å². The van der Waals surface area contributed by atoms with Gasteiger partial charge in [0.2, 0.25) is 0 Å². The van der Waals surface area contributed by atoms with Gasteiger partial charge in [-0.25, -0.2) is 0 Å². The number of nitrogens with one attached hydrogen (secondary N) is 1. The summed E-state index contributed by atoms with van der Waals surface area (Å²) < 4.78 is 41.7. The van der Waals surface area contributed by atoms with Gasteiger partial charge in [-0.3, -0.25) is 4.79 Å². The summed E-state index contributed by atoms with van der Waals surface area (Å²) >= 11 is 6.08. The van der Waals surface area contributed by atoms with Crippen molar-refractivity contribution in [1.82, 2.24) is 0 Å². The molecule has 0 saturated carbocycles. The fraction of sp³-hybridized carbons (Fsp3) is 0.222. The number of carbonyl (C=O) groups is 1. The Morgan fingerprint density at radius 2 is 1.76 bits per heavy atom. The molecule has 1 rings (SSSR count). The zero-order valence-electron chi connectivity index (χ0n) is 8.36. The summed E-state index contributed by atoms with van der Waals surface area (Å²) in [5.74, 6) is -1.60. The molecule has 3 nitrogen and oxygen atoms in total. The van der Waals surface area contributed by atoms with Crippen molar-refractivity contribution in [2.75, 3.05) is 12.4 Å². The number of hydrogen-bond acceptors (Lipinski definition) is 2. The Kier molecular flexibility index (Phi) is 4.42. The van der Waals surface area contributed by atoms with Crippen molar-refractivity contribution in [3.8, 4) is 5.75 Å². The molecule has 0 atom stereocenters. The van der Waals surface area contributed by atoms with E-state index in [1.165, 1.54) is 19.2 Å². The Morgan fingerprint density at radius 3 is 2.12 bits per heavy atom. The normalized spacial score (nSPS) is 11.2. The minimum absolute atomic E-state index is 0.00637. The van der Waals surface area contributed by atoms with Gasteiger partial charge in [-0.05, 0) is 44.0 Å². The topological polar surface area (TPSA) is 38.3 Å². The smallest absolute Gasteiger partial charge is 0.471 e. The van der Waals surface area contributed by atoms with Gasteiger partial charge in [0, 0.05) is 8.95 Å². The summed E-state index contributed by atoms with van der Waals surface area (Å²) in [6.07, 6.45) is -4.93. The second-order valence-electron chi connectivity index (χ2n) is 2.92. The van der Waals surface area contributed by atoms with Crippen molar-refractivity contribution >= 4 is 43.5 Å². The summed E-state index contributed by atoms with van der Waals surface area (Å²) in [5, 5.41) is 1.76. The maximum absolute atomic E-state index is 12.1. The number of amides is 1. The van der Waals surface area contributed by atoms with E-state index in [0.29, 0.717) is 5.75 Å². The van der Waals surface area contributed by atoms with E-state index in [1.54, 1.807) is 5.32 Å². The van der Waals surface area contributed by atoms with E-state index in [9.17, 15) is 18.0 Å². The number of hydrogen-bond donors (Lipinski definition) is 1. The van der Waals surface area contributed by atoms with Crippen LogP contribution in [0.25, 0.3) is 0 Å². The SMILES string of the molecule is COc1cc(Br)c(NC(=O)C(F)(F)F)c(Br)c1. The highest BCUT2D eigenvalue weighted by molar-refractivity contribution is 9.11. The van der Waals surface area contributed by atoms with Gasteiger partial charge in [0.25, 0.3) is 0 Å². The summed E-state index contributed by atoms with van der Waals surface area (Å²) in [4.78, 5) is 10.8. The molecule has 0 aliphatic rings. The molecular weight excluding hydrogens is 371 g/mol. The molecule has 0 unspecified atom stereocenters. The average Bonchev–Trinajstić information content (AvgIpc) is 2.21. The van der Waals surface area contributed by atoms with Crippen LogP contribution in [0.4, 0.5) is 18.9 Å². The van der Waals surface area contributed by atoms with Crippen LogP contribution in [0, 0.1) is 0 Å². The molecule has 17 heavy (non-hydrogen) atoms. The van der Waals surface area contributed by atoms with E-state index in [2.05, 4.69) is 31.9 Å². The number of rotatable bonds is 2. The minimum atomic E-state index is -4.93. The van der Waals surface area contributed by atoms with Gasteiger partial charge < -0.3 is 10.1 Å². The number of carbonyl (C=O) groups excluding carboxylic acids is 1. The third kappa shape index (κ3) is 3.60. The fourth-order valence-corrected chi connectivity index (χ4v) is 2.31. The number of alkyl halides is 3. The summed E-state index contributed by atoms with van der Waals surface area (Å²) in [6, 6.07) is 2.88. The van der Waals surface area contributed by atoms with Crippen molar-refractivity contribution in [1.29, 1.82) is 0 Å². The third-order valence-electron chi connectivity index (χ3n) is 1.75. The van der Waals surface area contributed by atoms with Crippen LogP contribution in [-0.4, -0.2) is 19.2 Å². The molecule has 8 heteroatoms. The minimum Gasteiger partial charge on any atom is -0.497 e. The van der Waals surface area contributed by atoms with E-state index in [0.717, 1.165) is 0 Å². The van der Waals surface area contributed by atoms with E-state index in [1.807, 2.05) is 0 Å². The fourth-order valence-electron chi connectivity index (χ4n) is 0.972. The highest BCUT2D eigenvalue weighted by atomic mass is 79.9. The first-order chi connectivity index (χ1) is 7.75. The second-order valence-corrected chi connectivity index (χ2v) is 4.63. The molecule has 0 aliphatic heterocycles. The van der Waals surface area contributed by atoms with Crippen LogP contribution in [0.5, 0.6) is 5.75 Å². The lowest BCUT2D eigenvalue weighted by Gasteiger charge is -2.12. The molecule has 0 saturated heterocycles. The maximum atomic E-state index is 12.1. The first kappa shape index (κ1) is 14.3. The van der Waals surface area contributed by atoms with E-state index in [4.69, 9.17) is 4.74 Å². The van der Waals surface area contributed by atoms with Crippen LogP contribution in [0.1, 0.15) is 0 Å². The number of methoxy groups -OCH3 is 1. The van der Waals surface area contributed by atoms with Gasteiger partial charge >= 0.3 is 12.1 Å². The molecule has 0 aliphatic carbocycles. The molecule has 94 valence electrons. The van der Waals surface area contributed by atoms with Gasteiger partial charge in [-0.1, -0.05) is 0 Å². The highest BCUT2D eigenvalue weighted by Crippen LogP contribution is 2.36. The maximum Gasteiger partial charge on any atom is 0.471 e. The molecule has 0 spiro atoms. The molecule has 0 heterocycles. The van der Waals surface area contributed by atoms with Crippen molar-refractivity contribution in [2.45, 2.75) is 6.18 Å². The lowest BCUT2D eigenvalue weighted by Crippen LogP contribution is -2.30. The Labute approximate surface area is 112 Å². The quantitative estimate of drug-likeness (QED) is 0.854. The molecule has 0 aromatic heterocycles. The highest BCUT2D eigenvalue weighted by Gasteiger charge is 2.39. The van der Waals surface area contributed by atoms with E-state index in [-0.39, 0.29) is 14.6 Å². The molecular formula is C9H6Br2F3NO2. The summed E-state index contributed by atoms with van der Waals surface area (Å²) in [5.41, 5.74) is -0.00637. The van der Waals surface area contributed by atoms with Crippen molar-refractivity contribution < 1.29 is 22.7 Å². The van der Waals surface area contributed by atoms with E-state index < -0.39 is 12.1 Å². The third-order valence-corrected chi connectivity index (χ3v) is 3.00. The van der Waals surface area contributed by atoms with Crippen LogP contribution in [0.3, 0.4) is 0 Å². The predicted molar refractivity (Wildman–Crippen MR) is 63.1 cm³/mol. The number of ether oxygens (including phenoxy) is 1. The number of benzene rings is 1. The Morgan fingerprint density at radius 1 is 1.29 bits per heavy atom. The van der Waals surface area contributed by atoms with Crippen molar-refractivity contribution in [3.05, 3.63) is 21.1 Å².